The van der Waals surface area contributed by atoms with Crippen LogP contribution >= 0.6 is 0 Å². The largest absolute Gasteiger partial charge is 0.477 e. The molecule has 0 saturated carbocycles. The van der Waals surface area contributed by atoms with Gasteiger partial charge in [0.2, 0.25) is 23.6 Å². The van der Waals surface area contributed by atoms with E-state index in [4.69, 9.17) is 66.3 Å². The Labute approximate surface area is 605 Å². The summed E-state index contributed by atoms with van der Waals surface area (Å²) in [5.41, 5.74) is 0. The number of amides is 4. The number of carbonyl (C=O) groups is 5. The van der Waals surface area contributed by atoms with Crippen LogP contribution in [0.5, 0.6) is 0 Å². The van der Waals surface area contributed by atoms with Gasteiger partial charge in [0, 0.05) is 34.1 Å². The van der Waals surface area contributed by atoms with Crippen LogP contribution in [0, 0.1) is 0 Å². The smallest absolute Gasteiger partial charge is 0.364 e. The van der Waals surface area contributed by atoms with Gasteiger partial charge in [0.05, 0.1) is 71.6 Å². The second-order valence-corrected chi connectivity index (χ2v) is 26.5. The van der Waals surface area contributed by atoms with Gasteiger partial charge in [0.25, 0.3) is 5.79 Å². The van der Waals surface area contributed by atoms with E-state index in [1.54, 1.807) is 0 Å². The zero-order valence-electron chi connectivity index (χ0n) is 57.5. The molecule has 0 unspecified atom stereocenters. The van der Waals surface area contributed by atoms with Crippen LogP contribution in [0.3, 0.4) is 0 Å². The fourth-order valence-corrected chi connectivity index (χ4v) is 13.3. The molecule has 107 heavy (non-hydrogen) atoms. The summed E-state index contributed by atoms with van der Waals surface area (Å²) in [6, 6.07) is -7.61. The van der Waals surface area contributed by atoms with Gasteiger partial charge >= 0.3 is 5.97 Å². The lowest BCUT2D eigenvalue weighted by Gasteiger charge is -2.52. The molecule has 0 aromatic rings. The predicted octanol–water partition coefficient (Wildman–Crippen LogP) is -19.0. The molecule has 0 radical (unpaired) electrons. The molecule has 0 bridgehead atoms. The van der Waals surface area contributed by atoms with Crippen molar-refractivity contribution < 1.29 is 218 Å². The molecule has 7 heterocycles. The molecule has 7 rings (SSSR count). The van der Waals surface area contributed by atoms with Crippen molar-refractivity contribution in [2.24, 2.45) is 0 Å². The molecule has 29 N–H and O–H groups in total. The summed E-state index contributed by atoms with van der Waals surface area (Å²) in [5, 5.41) is 283. The number of ether oxygens (including phenoxy) is 14. The molecule has 7 aliphatic rings. The van der Waals surface area contributed by atoms with Crippen LogP contribution < -0.4 is 21.3 Å². The number of rotatable bonds is 33. The maximum atomic E-state index is 13.7. The summed E-state index contributed by atoms with van der Waals surface area (Å²) in [6.45, 7) is -6.91. The molecule has 0 aliphatic carbocycles. The van der Waals surface area contributed by atoms with Gasteiger partial charge in [-0.15, -0.1) is 0 Å². The summed E-state index contributed by atoms with van der Waals surface area (Å²) < 4.78 is 82.6. The molecule has 7 fully saturated rings. The highest BCUT2D eigenvalue weighted by Gasteiger charge is 2.63. The van der Waals surface area contributed by atoms with Crippen LogP contribution in [0.15, 0.2) is 0 Å². The van der Waals surface area contributed by atoms with Crippen molar-refractivity contribution in [2.75, 3.05) is 59.5 Å². The van der Waals surface area contributed by atoms with Crippen LogP contribution in [0.2, 0.25) is 0 Å². The Morgan fingerprint density at radius 1 is 0.402 bits per heavy atom. The van der Waals surface area contributed by atoms with Gasteiger partial charge in [0.1, 0.15) is 189 Å². The minimum atomic E-state index is -3.44. The molecule has 0 aromatic heterocycles. The first-order chi connectivity index (χ1) is 50.4. The Bertz CT molecular complexity index is 2820. The Hall–Kier alpha value is -4.17. The average Bonchev–Trinajstić information content (AvgIpc) is 0.749. The highest BCUT2D eigenvalue weighted by atomic mass is 16.8. The van der Waals surface area contributed by atoms with E-state index in [0.29, 0.717) is 0 Å². The molecule has 48 heteroatoms. The van der Waals surface area contributed by atoms with Crippen LogP contribution in [-0.4, -0.2) is 461 Å². The minimum Gasteiger partial charge on any atom is -0.477 e. The number of carbonyl (C=O) groups excluding carboxylic acids is 4. The summed E-state index contributed by atoms with van der Waals surface area (Å²) in [7, 11) is 0. The van der Waals surface area contributed by atoms with Gasteiger partial charge in [-0.3, -0.25) is 19.2 Å². The summed E-state index contributed by atoms with van der Waals surface area (Å²) in [6.07, 6.45) is -77.2. The third-order valence-electron chi connectivity index (χ3n) is 18.9. The van der Waals surface area contributed by atoms with Gasteiger partial charge in [-0.2, -0.15) is 0 Å². The maximum Gasteiger partial charge on any atom is 0.364 e. The van der Waals surface area contributed by atoms with Crippen molar-refractivity contribution in [2.45, 2.75) is 279 Å². The molecule has 7 aliphatic heterocycles. The van der Waals surface area contributed by atoms with E-state index in [9.17, 15) is 152 Å². The lowest BCUT2D eigenvalue weighted by molar-refractivity contribution is -0.399. The number of nitrogens with one attached hydrogen (secondary N) is 4. The maximum absolute atomic E-state index is 13.7. The molecular weight excluding hydrogens is 1470 g/mol. The number of aliphatic carboxylic acids is 1. The number of aliphatic hydroxyl groups is 24. The van der Waals surface area contributed by atoms with Gasteiger partial charge in [0.15, 0.2) is 37.7 Å². The summed E-state index contributed by atoms with van der Waals surface area (Å²) in [4.78, 5) is 64.5. The fourth-order valence-electron chi connectivity index (χ4n) is 13.3. The van der Waals surface area contributed by atoms with Crippen LogP contribution in [0.1, 0.15) is 34.1 Å². The van der Waals surface area contributed by atoms with Gasteiger partial charge in [-0.05, 0) is 0 Å². The van der Waals surface area contributed by atoms with E-state index in [-0.39, 0.29) is 0 Å². The van der Waals surface area contributed by atoms with Crippen molar-refractivity contribution >= 4 is 29.6 Å². The van der Waals surface area contributed by atoms with Crippen LogP contribution in [-0.2, 0) is 90.3 Å². The molecule has 4 amide bonds. The number of carboxylic acids is 1. The quantitative estimate of drug-likeness (QED) is 0.0290. The minimum absolute atomic E-state index is 0.895. The summed E-state index contributed by atoms with van der Waals surface area (Å²) >= 11 is 0. The lowest BCUT2D eigenvalue weighted by atomic mass is 9.88. The van der Waals surface area contributed by atoms with Crippen molar-refractivity contribution in [3.05, 3.63) is 0 Å². The Morgan fingerprint density at radius 2 is 0.794 bits per heavy atom. The second kappa shape index (κ2) is 39.5. The molecular formula is C59H100N4O44. The normalized spacial score (nSPS) is 43.8. The highest BCUT2D eigenvalue weighted by molar-refractivity contribution is 5.77. The van der Waals surface area contributed by atoms with Crippen molar-refractivity contribution in [3.8, 4) is 0 Å². The number of hydrogen-bond acceptors (Lipinski definition) is 43. The van der Waals surface area contributed by atoms with Crippen molar-refractivity contribution in [3.63, 3.8) is 0 Å². The average molecular weight is 1570 g/mol. The first-order valence-corrected chi connectivity index (χ1v) is 33.7. The van der Waals surface area contributed by atoms with E-state index in [2.05, 4.69) is 21.3 Å². The third-order valence-corrected chi connectivity index (χ3v) is 18.9. The monoisotopic (exact) mass is 1570 g/mol. The van der Waals surface area contributed by atoms with Crippen molar-refractivity contribution in [1.82, 2.24) is 21.3 Å². The van der Waals surface area contributed by atoms with E-state index >= 15 is 0 Å². The second-order valence-electron chi connectivity index (χ2n) is 26.5. The number of hydrogen-bond donors (Lipinski definition) is 29. The fraction of sp³-hybridized carbons (Fsp3) is 0.915. The zero-order valence-corrected chi connectivity index (χ0v) is 57.5. The summed E-state index contributed by atoms with van der Waals surface area (Å²) in [5.74, 6) is -9.45. The standard InChI is InChI=1S/C59H100N4O44/c1-15(72)60-29-19(76)5-59(58(92)93,106-49(29)34(81)21(78)7-65)107-51-44(91)57(99-27(13-71)48(51)104-53-30(61-16(2)73)38(85)35(82)23(9-67)95-53)103-46-25(11-69)97-52(31(39(46)86)62-17(3)74)94-14-28-37(84)50(43(90)56(100-28)101-45(22(79)8-66)33(80)20(77)6-64)105-54-32(63-18(4)75)40(87)47(26(12-70)98-54)102-55-42(89)41(88)36(83)24(10-68)96-55/h19-57,64-71,76-91H,5-14H2,1-4H3,(H,60,72)(H,61,73)(H,62,74)(H,63,75)(H,92,93)/t19-,20-,21+,22+,23+,24+,25+,26+,27+,28+,29+,30+,31+,32+,33+,34+,35-,36-,37-,38+,39+,40+,41-,42+,43+,44+,45+,46+,47+,48-,49+,50-,51+,52+,53-,54-,55-,56-,57-,59-/m0/s1. The highest BCUT2D eigenvalue weighted by Crippen LogP contribution is 2.42. The van der Waals surface area contributed by atoms with Gasteiger partial charge < -0.3 is 215 Å². The van der Waals surface area contributed by atoms with Crippen molar-refractivity contribution in [1.29, 1.82) is 0 Å². The predicted molar refractivity (Wildman–Crippen MR) is 330 cm³/mol. The van der Waals surface area contributed by atoms with Gasteiger partial charge in [-0.1, -0.05) is 0 Å². The Kier molecular flexibility index (Phi) is 33.3. The lowest BCUT2D eigenvalue weighted by Crippen LogP contribution is -2.72. The first-order valence-electron chi connectivity index (χ1n) is 33.7. The molecule has 48 nitrogen and oxygen atoms in total. The molecule has 620 valence electrons. The third kappa shape index (κ3) is 20.6. The number of carboxylic acid groups (broad SMARTS) is 1. The topological polar surface area (TPSA) is 768 Å². The first kappa shape index (κ1) is 90.0. The van der Waals surface area contributed by atoms with E-state index in [1.165, 1.54) is 0 Å². The molecule has 7 saturated heterocycles. The van der Waals surface area contributed by atoms with E-state index in [1.807, 2.05) is 0 Å². The van der Waals surface area contributed by atoms with Gasteiger partial charge in [-0.25, -0.2) is 4.79 Å². The SMILES string of the molecule is CC(=O)N[C@H]1[C@H](O[C@H]2[C@@H](O)[C@@H](CO[C@@H]3O[C@H](CO)[C@@H](O[C@@H]4O[C@H](CO)[C@H](O[C@@H]5O[C@H](CO)[C@H](O)[C@H](O)[C@H]5NC(C)=O)[C@H](O[C@]5(C(=O)O)C[C@H](O)[C@@H](NC(C)=O)[C@H]([C@H](O)[C@H](O)CO)O5)[C@H]4O)[C@H](O)[C@H]3NC(C)=O)O[C@@H](O[C@@H]([C@H](O)[C@@H](O)CO)[C@H](O)CO)[C@@H]2O)O[C@H](CO)[C@@H](O[C@@H]2O[C@H](CO)[C@H](O)[C@H](O)[C@H]2O)[C@@H]1O. The Morgan fingerprint density at radius 3 is 1.28 bits per heavy atom. The molecule has 0 spiro atoms. The number of aliphatic hydroxyl groups excluding tert-OH is 24. The zero-order chi connectivity index (χ0) is 79.7. The molecule has 0 aromatic carbocycles. The van der Waals surface area contributed by atoms with Crippen LogP contribution in [0.4, 0.5) is 0 Å². The van der Waals surface area contributed by atoms with E-state index < -0.39 is 340 Å². The van der Waals surface area contributed by atoms with Crippen LogP contribution in [0.25, 0.3) is 0 Å². The molecule has 40 atom stereocenters. The van der Waals surface area contributed by atoms with E-state index in [0.717, 1.165) is 27.7 Å². The Balaban J connectivity index is 1.23.